The van der Waals surface area contributed by atoms with Crippen molar-refractivity contribution in [2.75, 3.05) is 26.2 Å². The van der Waals surface area contributed by atoms with Crippen LogP contribution in [-0.2, 0) is 11.2 Å². The summed E-state index contributed by atoms with van der Waals surface area (Å²) < 4.78 is 12.0. The topological polar surface area (TPSA) is 109 Å². The van der Waals surface area contributed by atoms with E-state index in [1.165, 1.54) is 31.3 Å². The Balaban J connectivity index is 1.34. The number of aliphatic hydroxyl groups excluding tert-OH is 1. The molecule has 0 spiro atoms. The highest BCUT2D eigenvalue weighted by Crippen LogP contribution is 2.30. The van der Waals surface area contributed by atoms with Crippen LogP contribution in [0.1, 0.15) is 70.8 Å². The Morgan fingerprint density at radius 2 is 1.97 bits per heavy atom. The zero-order valence-corrected chi connectivity index (χ0v) is 23.2. The van der Waals surface area contributed by atoms with E-state index >= 15 is 0 Å². The van der Waals surface area contributed by atoms with Crippen LogP contribution in [0.25, 0.3) is 0 Å². The van der Waals surface area contributed by atoms with E-state index in [2.05, 4.69) is 35.8 Å². The summed E-state index contributed by atoms with van der Waals surface area (Å²) in [6, 6.07) is 6.55. The van der Waals surface area contributed by atoms with Gasteiger partial charge in [-0.15, -0.1) is 4.99 Å². The number of rotatable bonds is 19. The van der Waals surface area contributed by atoms with Crippen molar-refractivity contribution in [1.29, 1.82) is 0 Å². The molecule has 1 unspecified atom stereocenters. The van der Waals surface area contributed by atoms with Gasteiger partial charge in [0.2, 0.25) is 0 Å². The lowest BCUT2D eigenvalue weighted by Crippen LogP contribution is -2.29. The minimum Gasteiger partial charge on any atom is -0.592 e. The van der Waals surface area contributed by atoms with Crippen LogP contribution in [0, 0.1) is 18.4 Å². The van der Waals surface area contributed by atoms with E-state index in [4.69, 9.17) is 15.2 Å². The van der Waals surface area contributed by atoms with Gasteiger partial charge in [-0.3, -0.25) is 0 Å². The van der Waals surface area contributed by atoms with Crippen molar-refractivity contribution in [1.82, 2.24) is 5.32 Å². The summed E-state index contributed by atoms with van der Waals surface area (Å²) in [6.07, 6.45) is 17.6. The number of nitrogens with zero attached hydrogens (tertiary/aromatic N) is 1. The van der Waals surface area contributed by atoms with Gasteiger partial charge in [-0.1, -0.05) is 43.9 Å². The maximum Gasteiger partial charge on any atom is 0.176 e. The van der Waals surface area contributed by atoms with Crippen molar-refractivity contribution in [3.8, 4) is 11.5 Å². The largest absolute Gasteiger partial charge is 0.592 e. The number of aryl methyl sites for hydroxylation is 1. The molecule has 0 bridgehead atoms. The monoisotopic (exact) mass is 525 g/mol. The van der Waals surface area contributed by atoms with Crippen LogP contribution in [-0.4, -0.2) is 54.9 Å². The van der Waals surface area contributed by atoms with E-state index in [0.717, 1.165) is 56.1 Å². The third-order valence-corrected chi connectivity index (χ3v) is 6.96. The normalized spacial score (nSPS) is 18.1. The first kappa shape index (κ1) is 29.9. The minimum atomic E-state index is -0.349. The maximum absolute atomic E-state index is 10.3. The van der Waals surface area contributed by atoms with Gasteiger partial charge in [0.15, 0.2) is 23.8 Å². The Hall–Kier alpha value is -2.61. The number of allylic oxidation sites excluding steroid dienone is 1. The molecule has 0 fully saturated rings. The lowest BCUT2D eigenvalue weighted by molar-refractivity contribution is 0.146. The van der Waals surface area contributed by atoms with Gasteiger partial charge in [0, 0.05) is 19.2 Å². The molecule has 3 rings (SSSR count). The summed E-state index contributed by atoms with van der Waals surface area (Å²) in [4.78, 5) is 4.52. The molecule has 2 heterocycles. The van der Waals surface area contributed by atoms with Crippen LogP contribution in [0.5, 0.6) is 11.5 Å². The number of hydrogen-bond donors (Lipinski definition) is 4. The molecule has 0 saturated heterocycles. The molecule has 0 aliphatic carbocycles. The summed E-state index contributed by atoms with van der Waals surface area (Å²) >= 11 is 0. The van der Waals surface area contributed by atoms with Crippen molar-refractivity contribution in [3.63, 3.8) is 0 Å². The third-order valence-electron chi connectivity index (χ3n) is 6.96. The smallest absolute Gasteiger partial charge is 0.176 e. The van der Waals surface area contributed by atoms with Gasteiger partial charge >= 0.3 is 0 Å². The van der Waals surface area contributed by atoms with E-state index in [9.17, 15) is 10.2 Å². The number of aliphatic hydroxyl groups is 1. The number of unbranched alkanes of at least 4 members (excludes halogenated alkanes) is 4. The number of phenolic OH excluding ortho intramolecular Hbond substituents is 1. The van der Waals surface area contributed by atoms with E-state index in [1.54, 1.807) is 13.0 Å². The van der Waals surface area contributed by atoms with E-state index < -0.39 is 0 Å². The van der Waals surface area contributed by atoms with Crippen molar-refractivity contribution < 1.29 is 19.7 Å². The Labute approximate surface area is 229 Å². The molecule has 2 aliphatic rings. The predicted molar refractivity (Wildman–Crippen MR) is 154 cm³/mol. The van der Waals surface area contributed by atoms with Gasteiger partial charge < -0.3 is 30.7 Å². The average molecular weight is 526 g/mol. The number of phenols is 1. The number of ether oxygens (including phenoxy) is 2. The lowest BCUT2D eigenvalue weighted by atomic mass is 10.0. The van der Waals surface area contributed by atoms with Crippen molar-refractivity contribution in [3.05, 3.63) is 59.7 Å². The molecule has 0 saturated carbocycles. The molecule has 7 nitrogen and oxygen atoms in total. The molecular weight excluding hydrogens is 478 g/mol. The quantitative estimate of drug-likeness (QED) is 0.149. The van der Waals surface area contributed by atoms with E-state index in [1.807, 2.05) is 18.3 Å². The lowest BCUT2D eigenvalue weighted by Gasteiger charge is -2.21. The zero-order valence-electron chi connectivity index (χ0n) is 23.2. The van der Waals surface area contributed by atoms with E-state index in [0.29, 0.717) is 31.2 Å². The molecule has 38 heavy (non-hydrogen) atoms. The molecule has 0 amide bonds. The number of nitrogens with one attached hydrogen (secondary N) is 1. The maximum atomic E-state index is 10.3. The molecule has 0 radical (unpaired) electrons. The van der Waals surface area contributed by atoms with Gasteiger partial charge in [0.25, 0.3) is 0 Å². The second-order valence-electron chi connectivity index (χ2n) is 10.5. The van der Waals surface area contributed by atoms with Gasteiger partial charge in [0.05, 0.1) is 24.5 Å². The summed E-state index contributed by atoms with van der Waals surface area (Å²) in [5, 5.41) is 22.9. The number of aromatic hydroxyl groups is 1. The SMILES string of the molecule is C[C@H](O)CNC[C@H](C)C1=C[C+](CCOc2cc(CCC3=C[CH-]C(CCCCCCCN)O3)ccc2O)N=C1. The molecule has 1 aromatic rings. The highest BCUT2D eigenvalue weighted by atomic mass is 16.5. The molecule has 0 aromatic heterocycles. The molecule has 7 heteroatoms. The van der Waals surface area contributed by atoms with E-state index in [-0.39, 0.29) is 18.0 Å². The molecule has 2 aliphatic heterocycles. The first-order valence-corrected chi connectivity index (χ1v) is 14.3. The Morgan fingerprint density at radius 3 is 2.79 bits per heavy atom. The van der Waals surface area contributed by atoms with Gasteiger partial charge in [-0.2, -0.15) is 12.5 Å². The predicted octanol–water partition coefficient (Wildman–Crippen LogP) is 5.03. The third kappa shape index (κ3) is 10.6. The summed E-state index contributed by atoms with van der Waals surface area (Å²) in [5.41, 5.74) is 7.84. The fourth-order valence-corrected chi connectivity index (χ4v) is 4.63. The number of aliphatic imine (C=N–C) groups is 1. The molecule has 1 aromatic carbocycles. The van der Waals surface area contributed by atoms with Crippen LogP contribution in [0.3, 0.4) is 0 Å². The second-order valence-corrected chi connectivity index (χ2v) is 10.5. The van der Waals surface area contributed by atoms with Crippen LogP contribution in [0.15, 0.2) is 46.7 Å². The highest BCUT2D eigenvalue weighted by molar-refractivity contribution is 5.83. The van der Waals surface area contributed by atoms with Crippen LogP contribution in [0.2, 0.25) is 0 Å². The van der Waals surface area contributed by atoms with Gasteiger partial charge in [-0.05, 0) is 57.4 Å². The average Bonchev–Trinajstić information content (AvgIpc) is 3.56. The van der Waals surface area contributed by atoms with Gasteiger partial charge in [-0.25, -0.2) is 0 Å². The number of hydrogen-bond acceptors (Lipinski definition) is 7. The summed E-state index contributed by atoms with van der Waals surface area (Å²) in [7, 11) is 0. The zero-order chi connectivity index (χ0) is 27.2. The summed E-state index contributed by atoms with van der Waals surface area (Å²) in [6.45, 7) is 6.54. The summed E-state index contributed by atoms with van der Waals surface area (Å²) in [5.74, 6) is 2.00. The second kappa shape index (κ2) is 16.4. The van der Waals surface area contributed by atoms with Gasteiger partial charge in [0.1, 0.15) is 12.2 Å². The van der Waals surface area contributed by atoms with Crippen molar-refractivity contribution >= 4 is 6.21 Å². The molecule has 3 atom stereocenters. The Morgan fingerprint density at radius 1 is 1.16 bits per heavy atom. The first-order chi connectivity index (χ1) is 18.4. The fraction of sp³-hybridized carbons (Fsp3) is 0.581. The van der Waals surface area contributed by atoms with Crippen LogP contribution in [0.4, 0.5) is 0 Å². The first-order valence-electron chi connectivity index (χ1n) is 14.3. The van der Waals surface area contributed by atoms with Crippen molar-refractivity contribution in [2.24, 2.45) is 16.6 Å². The fourth-order valence-electron chi connectivity index (χ4n) is 4.63. The number of benzene rings is 1. The Kier molecular flexibility index (Phi) is 12.9. The Bertz CT molecular complexity index is 928. The van der Waals surface area contributed by atoms with Crippen LogP contribution < -0.4 is 15.8 Å². The highest BCUT2D eigenvalue weighted by Gasteiger charge is 2.25. The number of nitrogens with two attached hydrogens (primary N) is 1. The molecule has 5 N–H and O–H groups in total. The van der Waals surface area contributed by atoms with Crippen LogP contribution >= 0.6 is 0 Å². The molecular formula is C31H47N3O4. The van der Waals surface area contributed by atoms with Crippen molar-refractivity contribution in [2.45, 2.75) is 83.8 Å². The standard InChI is InChI=1S/C31H47N3O4/c1-23(20-33-21-24(2)35)26-19-27(34-22-26)15-17-37-31-18-25(10-14-30(31)36)9-11-29-13-12-28(38-29)8-6-4-3-5-7-16-32/h10,12-14,18-19,22-24,28,33,35-36H,3-9,11,15-17,20-21,32H2,1-2H3/t23-,24-,28?/m0/s1. The molecule has 210 valence electrons. The minimum absolute atomic E-state index is 0.152.